The molecule has 2 amide bonds. The Bertz CT molecular complexity index is 908. The number of carbonyl (C=O) groups excluding carboxylic acids is 2. The van der Waals surface area contributed by atoms with Crippen molar-refractivity contribution in [1.29, 1.82) is 0 Å². The number of para-hydroxylation sites is 1. The second-order valence-corrected chi connectivity index (χ2v) is 7.70. The van der Waals surface area contributed by atoms with Gasteiger partial charge in [-0.25, -0.2) is 4.98 Å². The number of hydrogen-bond donors (Lipinski definition) is 2. The minimum absolute atomic E-state index is 0.130. The fourth-order valence-corrected chi connectivity index (χ4v) is 3.65. The summed E-state index contributed by atoms with van der Waals surface area (Å²) in [6.45, 7) is 2.04. The minimum Gasteiger partial charge on any atom is -0.325 e. The molecule has 0 aliphatic carbocycles. The number of aryl methyl sites for hydroxylation is 1. The van der Waals surface area contributed by atoms with Gasteiger partial charge in [0.25, 0.3) is 0 Å². The van der Waals surface area contributed by atoms with Crippen LogP contribution in [-0.4, -0.2) is 28.3 Å². The second kappa shape index (κ2) is 9.34. The highest BCUT2D eigenvalue weighted by molar-refractivity contribution is 8.00. The highest BCUT2D eigenvalue weighted by Crippen LogP contribution is 2.25. The summed E-state index contributed by atoms with van der Waals surface area (Å²) in [6, 6.07) is 17.3. The molecular weight excluding hydrogens is 378 g/mol. The Morgan fingerprint density at radius 1 is 0.963 bits per heavy atom. The molecule has 0 fully saturated rings. The summed E-state index contributed by atoms with van der Waals surface area (Å²) in [5, 5.41) is 8.05. The van der Waals surface area contributed by atoms with E-state index in [9.17, 15) is 9.59 Å². The van der Waals surface area contributed by atoms with Crippen molar-refractivity contribution in [2.24, 2.45) is 0 Å². The van der Waals surface area contributed by atoms with Crippen LogP contribution in [0.4, 0.5) is 10.8 Å². The average molecular weight is 398 g/mol. The number of anilines is 2. The highest BCUT2D eigenvalue weighted by atomic mass is 32.2. The number of carbonyl (C=O) groups is 2. The van der Waals surface area contributed by atoms with Crippen molar-refractivity contribution in [1.82, 2.24) is 4.98 Å². The number of thiazole rings is 1. The molecule has 138 valence electrons. The van der Waals surface area contributed by atoms with Crippen LogP contribution in [0.1, 0.15) is 5.56 Å². The maximum absolute atomic E-state index is 12.0. The number of benzene rings is 2. The first kappa shape index (κ1) is 19.1. The molecule has 5 nitrogen and oxygen atoms in total. The highest BCUT2D eigenvalue weighted by Gasteiger charge is 2.10. The Hall–Kier alpha value is -2.64. The predicted molar refractivity (Wildman–Crippen MR) is 113 cm³/mol. The van der Waals surface area contributed by atoms with E-state index in [4.69, 9.17) is 0 Å². The van der Waals surface area contributed by atoms with Crippen LogP contribution in [0.25, 0.3) is 11.3 Å². The number of nitrogens with zero attached hydrogens (tertiary/aromatic N) is 1. The first-order valence-electron chi connectivity index (χ1n) is 8.35. The Labute approximate surface area is 166 Å². The van der Waals surface area contributed by atoms with Gasteiger partial charge < -0.3 is 10.6 Å². The van der Waals surface area contributed by atoms with Gasteiger partial charge in [-0.05, 0) is 19.1 Å². The molecule has 0 aliphatic heterocycles. The summed E-state index contributed by atoms with van der Waals surface area (Å²) in [5.74, 6) is 0.114. The number of amides is 2. The summed E-state index contributed by atoms with van der Waals surface area (Å²) in [4.78, 5) is 28.4. The Morgan fingerprint density at radius 2 is 1.63 bits per heavy atom. The molecule has 2 aromatic carbocycles. The summed E-state index contributed by atoms with van der Waals surface area (Å²) in [6.07, 6.45) is 0. The first-order valence-corrected chi connectivity index (χ1v) is 10.4. The van der Waals surface area contributed by atoms with E-state index in [1.807, 2.05) is 66.9 Å². The first-order chi connectivity index (χ1) is 13.1. The van der Waals surface area contributed by atoms with Gasteiger partial charge in [0.15, 0.2) is 5.13 Å². The molecule has 0 saturated carbocycles. The number of aromatic nitrogens is 1. The molecule has 2 N–H and O–H groups in total. The third kappa shape index (κ3) is 5.94. The van der Waals surface area contributed by atoms with Crippen molar-refractivity contribution in [3.05, 3.63) is 65.5 Å². The van der Waals surface area contributed by atoms with Gasteiger partial charge in [-0.15, -0.1) is 23.1 Å². The summed E-state index contributed by atoms with van der Waals surface area (Å²) < 4.78 is 0. The molecule has 0 radical (unpaired) electrons. The van der Waals surface area contributed by atoms with Gasteiger partial charge in [0.2, 0.25) is 11.8 Å². The lowest BCUT2D eigenvalue weighted by atomic mass is 10.1. The van der Waals surface area contributed by atoms with Crippen LogP contribution in [0.2, 0.25) is 0 Å². The van der Waals surface area contributed by atoms with Gasteiger partial charge in [-0.1, -0.05) is 48.0 Å². The normalized spacial score (nSPS) is 10.4. The van der Waals surface area contributed by atoms with Crippen molar-refractivity contribution in [2.75, 3.05) is 22.1 Å². The molecule has 1 heterocycles. The van der Waals surface area contributed by atoms with E-state index in [0.717, 1.165) is 16.9 Å². The molecule has 0 spiro atoms. The van der Waals surface area contributed by atoms with Crippen molar-refractivity contribution in [3.8, 4) is 11.3 Å². The van der Waals surface area contributed by atoms with Crippen LogP contribution in [0.3, 0.4) is 0 Å². The van der Waals surface area contributed by atoms with Crippen LogP contribution >= 0.6 is 23.1 Å². The molecule has 1 aromatic heterocycles. The molecule has 0 unspecified atom stereocenters. The fourth-order valence-electron chi connectivity index (χ4n) is 2.30. The molecule has 0 atom stereocenters. The van der Waals surface area contributed by atoms with Crippen molar-refractivity contribution in [2.45, 2.75) is 6.92 Å². The zero-order valence-corrected chi connectivity index (χ0v) is 16.4. The largest absolute Gasteiger partial charge is 0.325 e. The molecule has 0 saturated heterocycles. The lowest BCUT2D eigenvalue weighted by Gasteiger charge is -2.05. The molecule has 27 heavy (non-hydrogen) atoms. The topological polar surface area (TPSA) is 71.1 Å². The van der Waals surface area contributed by atoms with Gasteiger partial charge in [-0.3, -0.25) is 9.59 Å². The van der Waals surface area contributed by atoms with Gasteiger partial charge in [0.1, 0.15) is 0 Å². The zero-order chi connectivity index (χ0) is 19.1. The predicted octanol–water partition coefficient (Wildman–Crippen LogP) is 4.43. The minimum atomic E-state index is -0.169. The van der Waals surface area contributed by atoms with Crippen LogP contribution in [-0.2, 0) is 9.59 Å². The lowest BCUT2D eigenvalue weighted by molar-refractivity contribution is -0.114. The number of thioether (sulfide) groups is 1. The fraction of sp³-hybridized carbons (Fsp3) is 0.150. The van der Waals surface area contributed by atoms with E-state index in [0.29, 0.717) is 5.13 Å². The third-order valence-corrected chi connectivity index (χ3v) is 5.31. The van der Waals surface area contributed by atoms with E-state index in [1.54, 1.807) is 0 Å². The third-order valence-electron chi connectivity index (χ3n) is 3.62. The Morgan fingerprint density at radius 3 is 2.33 bits per heavy atom. The van der Waals surface area contributed by atoms with Gasteiger partial charge in [0, 0.05) is 16.6 Å². The van der Waals surface area contributed by atoms with Crippen LogP contribution in [0.5, 0.6) is 0 Å². The van der Waals surface area contributed by atoms with Gasteiger partial charge in [-0.2, -0.15) is 0 Å². The molecular formula is C20H19N3O2S2. The number of rotatable bonds is 7. The molecule has 0 aliphatic rings. The number of hydrogen-bond acceptors (Lipinski definition) is 5. The van der Waals surface area contributed by atoms with Gasteiger partial charge in [0.05, 0.1) is 17.2 Å². The monoisotopic (exact) mass is 397 g/mol. The zero-order valence-electron chi connectivity index (χ0n) is 14.8. The maximum atomic E-state index is 12.0. The SMILES string of the molecule is Cc1ccc(-c2csc(NC(=O)CSCC(=O)Nc3ccccc3)n2)cc1. The second-order valence-electron chi connectivity index (χ2n) is 5.86. The van der Waals surface area contributed by atoms with E-state index < -0.39 is 0 Å². The molecule has 3 rings (SSSR count). The van der Waals surface area contributed by atoms with Crippen molar-refractivity contribution < 1.29 is 9.59 Å². The lowest BCUT2D eigenvalue weighted by Crippen LogP contribution is -2.18. The molecule has 3 aromatic rings. The smallest absolute Gasteiger partial charge is 0.236 e. The summed E-state index contributed by atoms with van der Waals surface area (Å²) in [5.41, 5.74) is 3.80. The van der Waals surface area contributed by atoms with Crippen LogP contribution < -0.4 is 10.6 Å². The molecule has 0 bridgehead atoms. The maximum Gasteiger partial charge on any atom is 0.236 e. The van der Waals surface area contributed by atoms with E-state index >= 15 is 0 Å². The summed E-state index contributed by atoms with van der Waals surface area (Å²) >= 11 is 2.65. The van der Waals surface area contributed by atoms with E-state index in [-0.39, 0.29) is 23.3 Å². The molecule has 7 heteroatoms. The van der Waals surface area contributed by atoms with Crippen molar-refractivity contribution in [3.63, 3.8) is 0 Å². The van der Waals surface area contributed by atoms with Crippen LogP contribution in [0.15, 0.2) is 60.0 Å². The quantitative estimate of drug-likeness (QED) is 0.619. The number of nitrogens with one attached hydrogen (secondary N) is 2. The van der Waals surface area contributed by atoms with E-state index in [2.05, 4.69) is 15.6 Å². The standard InChI is InChI=1S/C20H19N3O2S2/c1-14-7-9-15(10-8-14)17-11-27-20(22-17)23-19(25)13-26-12-18(24)21-16-5-3-2-4-6-16/h2-11H,12-13H2,1H3,(H,21,24)(H,22,23,25). The van der Waals surface area contributed by atoms with Crippen LogP contribution in [0, 0.1) is 6.92 Å². The Kier molecular flexibility index (Phi) is 6.62. The van der Waals surface area contributed by atoms with Crippen molar-refractivity contribution >= 4 is 45.7 Å². The summed E-state index contributed by atoms with van der Waals surface area (Å²) in [7, 11) is 0. The van der Waals surface area contributed by atoms with E-state index in [1.165, 1.54) is 28.7 Å². The van der Waals surface area contributed by atoms with Gasteiger partial charge >= 0.3 is 0 Å². The average Bonchev–Trinajstić information content (AvgIpc) is 3.11. The Balaban J connectivity index is 1.43.